The molecule has 1 amide bonds. The molecule has 0 aliphatic heterocycles. The minimum Gasteiger partial charge on any atom is -0.493 e. The second kappa shape index (κ2) is 6.99. The number of aryl methyl sites for hydroxylation is 2. The van der Waals surface area contributed by atoms with Crippen LogP contribution < -0.4 is 5.32 Å². The zero-order valence-corrected chi connectivity index (χ0v) is 14.8. The van der Waals surface area contributed by atoms with E-state index < -0.39 is 40.0 Å². The van der Waals surface area contributed by atoms with Gasteiger partial charge in [-0.1, -0.05) is 11.6 Å². The maximum Gasteiger partial charge on any atom is 0.418 e. The first-order chi connectivity index (χ1) is 12.0. The highest BCUT2D eigenvalue weighted by molar-refractivity contribution is 6.38. The lowest BCUT2D eigenvalue weighted by atomic mass is 10.00. The molecule has 10 heteroatoms. The summed E-state index contributed by atoms with van der Waals surface area (Å²) in [5.74, 6) is -1.99. The molecule has 6 nitrogen and oxygen atoms in total. The molecule has 0 atom stereocenters. The largest absolute Gasteiger partial charge is 0.493 e. The van der Waals surface area contributed by atoms with Gasteiger partial charge in [0.2, 0.25) is 17.6 Å². The van der Waals surface area contributed by atoms with Crippen molar-refractivity contribution in [3.05, 3.63) is 39.5 Å². The van der Waals surface area contributed by atoms with Gasteiger partial charge < -0.3 is 10.4 Å². The number of benzene rings is 1. The van der Waals surface area contributed by atoms with E-state index in [0.717, 1.165) is 13.0 Å². The van der Waals surface area contributed by atoms with Crippen molar-refractivity contribution in [1.29, 1.82) is 0 Å². The van der Waals surface area contributed by atoms with Gasteiger partial charge in [0.1, 0.15) is 5.56 Å². The van der Waals surface area contributed by atoms with Gasteiger partial charge in [0.05, 0.1) is 22.0 Å². The molecule has 140 valence electrons. The molecule has 0 fully saturated rings. The predicted molar refractivity (Wildman–Crippen MR) is 88.5 cm³/mol. The maximum atomic E-state index is 13.2. The van der Waals surface area contributed by atoms with E-state index >= 15 is 0 Å². The number of carbonyl (C=O) groups excluding carboxylic acids is 2. The lowest BCUT2D eigenvalue weighted by Crippen LogP contribution is -2.16. The summed E-state index contributed by atoms with van der Waals surface area (Å²) in [5, 5.41) is 15.6. The van der Waals surface area contributed by atoms with Gasteiger partial charge in [-0.15, -0.1) is 0 Å². The van der Waals surface area contributed by atoms with E-state index in [1.807, 2.05) is 5.32 Å². The minimum atomic E-state index is -4.78. The molecule has 0 aliphatic rings. The third kappa shape index (κ3) is 3.52. The number of aromatic hydroxyl groups is 1. The van der Waals surface area contributed by atoms with Crippen LogP contribution in [0.4, 0.5) is 18.9 Å². The fraction of sp³-hybridized carbons (Fsp3) is 0.312. The second-order valence-corrected chi connectivity index (χ2v) is 5.84. The van der Waals surface area contributed by atoms with Crippen LogP contribution in [0.3, 0.4) is 0 Å². The van der Waals surface area contributed by atoms with Crippen LogP contribution in [-0.4, -0.2) is 26.6 Å². The Morgan fingerprint density at radius 1 is 1.35 bits per heavy atom. The summed E-state index contributed by atoms with van der Waals surface area (Å²) in [6.45, 7) is 4.48. The highest BCUT2D eigenvalue weighted by Crippen LogP contribution is 2.41. The number of halogens is 4. The molecule has 2 rings (SSSR count). The first-order valence-corrected chi connectivity index (χ1v) is 7.85. The molecule has 0 aliphatic carbocycles. The SMILES string of the molecule is CCn1nc(C)c(C(=O)c2ccc(C(F)(F)F)c(NC(C)=O)c2Cl)c1O. The van der Waals surface area contributed by atoms with Crippen molar-refractivity contribution in [3.8, 4) is 5.88 Å². The number of anilines is 1. The Morgan fingerprint density at radius 3 is 2.42 bits per heavy atom. The molecule has 0 saturated carbocycles. The van der Waals surface area contributed by atoms with Crippen LogP contribution in [0.5, 0.6) is 5.88 Å². The Labute approximate surface area is 151 Å². The number of alkyl halides is 3. The van der Waals surface area contributed by atoms with Gasteiger partial charge in [-0.25, -0.2) is 4.68 Å². The Hall–Kier alpha value is -2.55. The van der Waals surface area contributed by atoms with Crippen molar-refractivity contribution in [2.24, 2.45) is 0 Å². The van der Waals surface area contributed by atoms with Crippen LogP contribution in [0.2, 0.25) is 5.02 Å². The lowest BCUT2D eigenvalue weighted by molar-refractivity contribution is -0.137. The van der Waals surface area contributed by atoms with Crippen LogP contribution >= 0.6 is 11.6 Å². The molecule has 1 aromatic carbocycles. The third-order valence-electron chi connectivity index (χ3n) is 3.62. The first kappa shape index (κ1) is 19.8. The molecule has 0 bridgehead atoms. The van der Waals surface area contributed by atoms with E-state index in [0.29, 0.717) is 6.07 Å². The van der Waals surface area contributed by atoms with Crippen molar-refractivity contribution in [2.45, 2.75) is 33.5 Å². The predicted octanol–water partition coefficient (Wildman–Crippen LogP) is 3.78. The monoisotopic (exact) mass is 389 g/mol. The smallest absolute Gasteiger partial charge is 0.418 e. The Morgan fingerprint density at radius 2 is 1.96 bits per heavy atom. The van der Waals surface area contributed by atoms with Gasteiger partial charge in [0.15, 0.2) is 0 Å². The van der Waals surface area contributed by atoms with Crippen LogP contribution in [0.1, 0.15) is 41.0 Å². The van der Waals surface area contributed by atoms with Gasteiger partial charge in [-0.05, 0) is 26.0 Å². The van der Waals surface area contributed by atoms with E-state index in [1.165, 1.54) is 11.6 Å². The number of nitrogens with one attached hydrogen (secondary N) is 1. The van der Waals surface area contributed by atoms with E-state index in [4.69, 9.17) is 11.6 Å². The standard InChI is InChI=1S/C16H15ClF3N3O3/c1-4-23-15(26)11(7(2)22-23)14(25)9-5-6-10(16(18,19)20)13(12(9)17)21-8(3)24/h5-6,26H,4H2,1-3H3,(H,21,24). The number of aromatic nitrogens is 2. The molecule has 0 radical (unpaired) electrons. The average molecular weight is 390 g/mol. The number of amides is 1. The summed E-state index contributed by atoms with van der Waals surface area (Å²) in [5.41, 5.74) is -2.15. The lowest BCUT2D eigenvalue weighted by Gasteiger charge is -2.16. The van der Waals surface area contributed by atoms with Crippen LogP contribution in [0.25, 0.3) is 0 Å². The fourth-order valence-electron chi connectivity index (χ4n) is 2.48. The average Bonchev–Trinajstić information content (AvgIpc) is 2.81. The highest BCUT2D eigenvalue weighted by atomic mass is 35.5. The zero-order chi connectivity index (χ0) is 19.8. The molecule has 2 N–H and O–H groups in total. The van der Waals surface area contributed by atoms with Gasteiger partial charge >= 0.3 is 6.18 Å². The Kier molecular flexibility index (Phi) is 5.31. The van der Waals surface area contributed by atoms with E-state index in [9.17, 15) is 27.9 Å². The van der Waals surface area contributed by atoms with E-state index in [-0.39, 0.29) is 23.4 Å². The number of hydrogen-bond donors (Lipinski definition) is 2. The minimum absolute atomic E-state index is 0.165. The summed E-state index contributed by atoms with van der Waals surface area (Å²) >= 11 is 6.01. The molecule has 2 aromatic rings. The van der Waals surface area contributed by atoms with Crippen LogP contribution in [-0.2, 0) is 17.5 Å². The molecule has 0 spiro atoms. The topological polar surface area (TPSA) is 84.2 Å². The van der Waals surface area contributed by atoms with Crippen molar-refractivity contribution < 1.29 is 27.9 Å². The molecule has 1 heterocycles. The number of rotatable bonds is 4. The molecule has 0 saturated heterocycles. The molecule has 0 unspecified atom stereocenters. The van der Waals surface area contributed by atoms with Crippen molar-refractivity contribution in [3.63, 3.8) is 0 Å². The number of ketones is 1. The van der Waals surface area contributed by atoms with Crippen molar-refractivity contribution >= 4 is 29.0 Å². The van der Waals surface area contributed by atoms with Crippen LogP contribution in [0, 0.1) is 6.92 Å². The van der Waals surface area contributed by atoms with Gasteiger partial charge in [0, 0.05) is 19.0 Å². The van der Waals surface area contributed by atoms with E-state index in [1.54, 1.807) is 6.92 Å². The summed E-state index contributed by atoms with van der Waals surface area (Å²) in [7, 11) is 0. The summed E-state index contributed by atoms with van der Waals surface area (Å²) in [4.78, 5) is 24.0. The molecule has 1 aromatic heterocycles. The number of hydrogen-bond acceptors (Lipinski definition) is 4. The molecular weight excluding hydrogens is 375 g/mol. The van der Waals surface area contributed by atoms with Crippen molar-refractivity contribution in [1.82, 2.24) is 9.78 Å². The fourth-order valence-corrected chi connectivity index (χ4v) is 2.77. The zero-order valence-electron chi connectivity index (χ0n) is 14.0. The van der Waals surface area contributed by atoms with Gasteiger partial charge in [-0.2, -0.15) is 18.3 Å². The van der Waals surface area contributed by atoms with E-state index in [2.05, 4.69) is 5.10 Å². The first-order valence-electron chi connectivity index (χ1n) is 7.47. The normalized spacial score (nSPS) is 11.5. The second-order valence-electron chi connectivity index (χ2n) is 5.46. The summed E-state index contributed by atoms with van der Waals surface area (Å²) in [6, 6.07) is 1.56. The van der Waals surface area contributed by atoms with Gasteiger partial charge in [0.25, 0.3) is 0 Å². The molecular formula is C16H15ClF3N3O3. The molecule has 26 heavy (non-hydrogen) atoms. The number of nitrogens with zero attached hydrogens (tertiary/aromatic N) is 2. The Bertz CT molecular complexity index is 891. The third-order valence-corrected chi connectivity index (χ3v) is 4.01. The maximum absolute atomic E-state index is 13.2. The van der Waals surface area contributed by atoms with Crippen molar-refractivity contribution in [2.75, 3.05) is 5.32 Å². The Balaban J connectivity index is 2.66. The summed E-state index contributed by atoms with van der Waals surface area (Å²) < 4.78 is 40.7. The highest BCUT2D eigenvalue weighted by Gasteiger charge is 2.36. The van der Waals surface area contributed by atoms with Crippen LogP contribution in [0.15, 0.2) is 12.1 Å². The van der Waals surface area contributed by atoms with Gasteiger partial charge in [-0.3, -0.25) is 9.59 Å². The number of carbonyl (C=O) groups is 2. The summed E-state index contributed by atoms with van der Waals surface area (Å²) in [6.07, 6.45) is -4.78. The quantitative estimate of drug-likeness (QED) is 0.779.